The van der Waals surface area contributed by atoms with Gasteiger partial charge in [0.15, 0.2) is 0 Å². The van der Waals surface area contributed by atoms with E-state index in [2.05, 4.69) is 37.9 Å². The van der Waals surface area contributed by atoms with Crippen molar-refractivity contribution in [3.05, 3.63) is 0 Å². The van der Waals surface area contributed by atoms with E-state index in [0.29, 0.717) is 12.1 Å². The van der Waals surface area contributed by atoms with Gasteiger partial charge < -0.3 is 10.1 Å². The van der Waals surface area contributed by atoms with Crippen molar-refractivity contribution in [2.75, 3.05) is 26.2 Å². The molecule has 0 spiro atoms. The highest BCUT2D eigenvalue weighted by Crippen LogP contribution is 2.30. The third-order valence-electron chi connectivity index (χ3n) is 5.00. The van der Waals surface area contributed by atoms with Crippen LogP contribution in [0.5, 0.6) is 0 Å². The number of piperidine rings is 1. The fraction of sp³-hybridized carbons (Fsp3) is 1.00. The molecule has 4 unspecified atom stereocenters. The molecule has 0 bridgehead atoms. The van der Waals surface area contributed by atoms with E-state index in [1.165, 1.54) is 25.8 Å². The zero-order chi connectivity index (χ0) is 13.2. The van der Waals surface area contributed by atoms with Gasteiger partial charge >= 0.3 is 0 Å². The summed E-state index contributed by atoms with van der Waals surface area (Å²) < 4.78 is 5.94. The fourth-order valence-corrected chi connectivity index (χ4v) is 3.60. The second kappa shape index (κ2) is 5.89. The van der Waals surface area contributed by atoms with Gasteiger partial charge in [0.1, 0.15) is 0 Å². The highest BCUT2D eigenvalue weighted by atomic mass is 16.5. The van der Waals surface area contributed by atoms with E-state index in [4.69, 9.17) is 4.74 Å². The average Bonchev–Trinajstić information content (AvgIpc) is 2.76. The lowest BCUT2D eigenvalue weighted by Gasteiger charge is -2.45. The zero-order valence-electron chi connectivity index (χ0n) is 12.5. The summed E-state index contributed by atoms with van der Waals surface area (Å²) in [6, 6.07) is 1.35. The van der Waals surface area contributed by atoms with Gasteiger partial charge in [0.2, 0.25) is 0 Å². The first-order valence-electron chi connectivity index (χ1n) is 7.67. The molecule has 2 aliphatic rings. The fourth-order valence-electron chi connectivity index (χ4n) is 3.60. The Balaban J connectivity index is 1.91. The van der Waals surface area contributed by atoms with Gasteiger partial charge in [-0.25, -0.2) is 0 Å². The number of nitrogens with one attached hydrogen (secondary N) is 1. The van der Waals surface area contributed by atoms with Gasteiger partial charge in [-0.3, -0.25) is 4.90 Å². The Labute approximate surface area is 112 Å². The van der Waals surface area contributed by atoms with E-state index in [-0.39, 0.29) is 5.60 Å². The molecule has 0 radical (unpaired) electrons. The molecule has 0 amide bonds. The van der Waals surface area contributed by atoms with Gasteiger partial charge in [0.25, 0.3) is 0 Å². The van der Waals surface area contributed by atoms with Crippen molar-refractivity contribution in [1.29, 1.82) is 0 Å². The van der Waals surface area contributed by atoms with Crippen LogP contribution < -0.4 is 5.32 Å². The summed E-state index contributed by atoms with van der Waals surface area (Å²) in [6.07, 6.45) is 3.73. The minimum Gasteiger partial charge on any atom is -0.374 e. The number of ether oxygens (including phenoxy) is 1. The average molecular weight is 254 g/mol. The normalized spacial score (nSPS) is 42.3. The Bertz CT molecular complexity index is 263. The maximum Gasteiger partial charge on any atom is 0.0781 e. The summed E-state index contributed by atoms with van der Waals surface area (Å²) in [6.45, 7) is 13.6. The van der Waals surface area contributed by atoms with E-state index in [9.17, 15) is 0 Å². The van der Waals surface area contributed by atoms with Crippen LogP contribution in [-0.2, 0) is 4.74 Å². The molecule has 0 aromatic rings. The molecule has 0 aromatic heterocycles. The van der Waals surface area contributed by atoms with Crippen molar-refractivity contribution in [2.24, 2.45) is 5.92 Å². The number of likely N-dealkylation sites (tertiary alicyclic amines) is 1. The van der Waals surface area contributed by atoms with Crippen LogP contribution in [0.4, 0.5) is 0 Å². The Hall–Kier alpha value is -0.120. The van der Waals surface area contributed by atoms with Crippen molar-refractivity contribution in [1.82, 2.24) is 10.2 Å². The lowest BCUT2D eigenvalue weighted by Crippen LogP contribution is -2.56. The quantitative estimate of drug-likeness (QED) is 0.833. The van der Waals surface area contributed by atoms with E-state index >= 15 is 0 Å². The minimum atomic E-state index is 0.110. The summed E-state index contributed by atoms with van der Waals surface area (Å²) in [5, 5.41) is 3.63. The van der Waals surface area contributed by atoms with E-state index < -0.39 is 0 Å². The predicted octanol–water partition coefficient (Wildman–Crippen LogP) is 2.26. The largest absolute Gasteiger partial charge is 0.374 e. The highest BCUT2D eigenvalue weighted by molar-refractivity contribution is 4.92. The molecule has 0 saturated carbocycles. The molecule has 2 rings (SSSR count). The predicted molar refractivity (Wildman–Crippen MR) is 75.9 cm³/mol. The van der Waals surface area contributed by atoms with Crippen LogP contribution in [0.1, 0.15) is 47.0 Å². The number of nitrogens with zero attached hydrogens (tertiary/aromatic N) is 1. The maximum absolute atomic E-state index is 5.94. The van der Waals surface area contributed by atoms with Crippen LogP contribution in [-0.4, -0.2) is 48.8 Å². The standard InChI is InChI=1S/C15H30N2O/c1-5-16-14-7-9-17(13(3)12(14)2)11-15(4)8-6-10-18-15/h12-14,16H,5-11H2,1-4H3. The lowest BCUT2D eigenvalue weighted by molar-refractivity contribution is -0.0353. The van der Waals surface area contributed by atoms with Crippen LogP contribution in [0, 0.1) is 5.92 Å². The molecular formula is C15H30N2O. The van der Waals surface area contributed by atoms with Crippen LogP contribution in [0.15, 0.2) is 0 Å². The zero-order valence-corrected chi connectivity index (χ0v) is 12.5. The molecule has 2 aliphatic heterocycles. The van der Waals surface area contributed by atoms with Crippen LogP contribution in [0.2, 0.25) is 0 Å². The van der Waals surface area contributed by atoms with Crippen molar-refractivity contribution in [3.8, 4) is 0 Å². The summed E-state index contributed by atoms with van der Waals surface area (Å²) in [5.74, 6) is 0.726. The number of rotatable bonds is 4. The van der Waals surface area contributed by atoms with Gasteiger partial charge in [0.05, 0.1) is 5.60 Å². The molecule has 2 fully saturated rings. The maximum atomic E-state index is 5.94. The molecule has 18 heavy (non-hydrogen) atoms. The van der Waals surface area contributed by atoms with Crippen LogP contribution >= 0.6 is 0 Å². The summed E-state index contributed by atoms with van der Waals surface area (Å²) in [5.41, 5.74) is 0.110. The molecular weight excluding hydrogens is 224 g/mol. The second-order valence-corrected chi connectivity index (χ2v) is 6.42. The molecule has 3 nitrogen and oxygen atoms in total. The van der Waals surface area contributed by atoms with Gasteiger partial charge in [-0.2, -0.15) is 0 Å². The van der Waals surface area contributed by atoms with Crippen molar-refractivity contribution in [3.63, 3.8) is 0 Å². The molecule has 0 aliphatic carbocycles. The van der Waals surface area contributed by atoms with Crippen molar-refractivity contribution < 1.29 is 4.74 Å². The van der Waals surface area contributed by atoms with E-state index in [1.54, 1.807) is 0 Å². The number of hydrogen-bond donors (Lipinski definition) is 1. The molecule has 4 atom stereocenters. The lowest BCUT2D eigenvalue weighted by atomic mass is 9.86. The minimum absolute atomic E-state index is 0.110. The Morgan fingerprint density at radius 3 is 2.78 bits per heavy atom. The van der Waals surface area contributed by atoms with Crippen LogP contribution in [0.25, 0.3) is 0 Å². The molecule has 106 valence electrons. The first kappa shape index (κ1) is 14.3. The third kappa shape index (κ3) is 3.06. The third-order valence-corrected chi connectivity index (χ3v) is 5.00. The summed E-state index contributed by atoms with van der Waals surface area (Å²) >= 11 is 0. The van der Waals surface area contributed by atoms with Crippen molar-refractivity contribution in [2.45, 2.75) is 64.6 Å². The molecule has 2 heterocycles. The van der Waals surface area contributed by atoms with E-state index in [0.717, 1.165) is 25.6 Å². The first-order valence-corrected chi connectivity index (χ1v) is 7.67. The van der Waals surface area contributed by atoms with E-state index in [1.807, 2.05) is 0 Å². The van der Waals surface area contributed by atoms with Gasteiger partial charge in [-0.1, -0.05) is 13.8 Å². The molecule has 3 heteroatoms. The van der Waals surface area contributed by atoms with Gasteiger partial charge in [-0.05, 0) is 45.6 Å². The molecule has 0 aromatic carbocycles. The molecule has 1 N–H and O–H groups in total. The summed E-state index contributed by atoms with van der Waals surface area (Å²) in [7, 11) is 0. The number of hydrogen-bond acceptors (Lipinski definition) is 3. The monoisotopic (exact) mass is 254 g/mol. The van der Waals surface area contributed by atoms with Gasteiger partial charge in [0, 0.05) is 31.8 Å². The van der Waals surface area contributed by atoms with Crippen LogP contribution in [0.3, 0.4) is 0 Å². The Morgan fingerprint density at radius 1 is 1.39 bits per heavy atom. The Kier molecular flexibility index (Phi) is 4.68. The highest BCUT2D eigenvalue weighted by Gasteiger charge is 2.38. The van der Waals surface area contributed by atoms with Crippen molar-refractivity contribution >= 4 is 0 Å². The van der Waals surface area contributed by atoms with Gasteiger partial charge in [-0.15, -0.1) is 0 Å². The Morgan fingerprint density at radius 2 is 2.17 bits per heavy atom. The first-order chi connectivity index (χ1) is 8.56. The topological polar surface area (TPSA) is 24.5 Å². The SMILES string of the molecule is CCNC1CCN(CC2(C)CCCO2)C(C)C1C. The smallest absolute Gasteiger partial charge is 0.0781 e. The summed E-state index contributed by atoms with van der Waals surface area (Å²) in [4.78, 5) is 2.64. The second-order valence-electron chi connectivity index (χ2n) is 6.42. The molecule has 2 saturated heterocycles.